The van der Waals surface area contributed by atoms with Gasteiger partial charge in [-0.1, -0.05) is 0 Å². The SMILES string of the molecule is O=C(NCCc1nccn1C(F)F)C(=O)Nc1cc(F)cc(F)c1. The molecule has 0 fully saturated rings. The van der Waals surface area contributed by atoms with Gasteiger partial charge in [-0.25, -0.2) is 13.8 Å². The van der Waals surface area contributed by atoms with Crippen molar-refractivity contribution in [2.45, 2.75) is 13.0 Å². The zero-order chi connectivity index (χ0) is 17.7. The van der Waals surface area contributed by atoms with Crippen LogP contribution in [0.1, 0.15) is 12.4 Å². The molecule has 0 saturated carbocycles. The number of halogens is 4. The smallest absolute Gasteiger partial charge is 0.319 e. The Morgan fingerprint density at radius 1 is 1.12 bits per heavy atom. The number of carbonyl (C=O) groups is 2. The van der Waals surface area contributed by atoms with Crippen molar-refractivity contribution >= 4 is 17.5 Å². The van der Waals surface area contributed by atoms with Crippen LogP contribution in [0.4, 0.5) is 23.2 Å². The molecule has 6 nitrogen and oxygen atoms in total. The molecule has 2 N–H and O–H groups in total. The lowest BCUT2D eigenvalue weighted by molar-refractivity contribution is -0.136. The number of hydrogen-bond donors (Lipinski definition) is 2. The van der Waals surface area contributed by atoms with Gasteiger partial charge in [0, 0.05) is 37.1 Å². The van der Waals surface area contributed by atoms with Crippen molar-refractivity contribution in [3.63, 3.8) is 0 Å². The van der Waals surface area contributed by atoms with Gasteiger partial charge in [0.15, 0.2) is 0 Å². The summed E-state index contributed by atoms with van der Waals surface area (Å²) in [5.41, 5.74) is -0.221. The van der Waals surface area contributed by atoms with Gasteiger partial charge in [0.1, 0.15) is 17.5 Å². The van der Waals surface area contributed by atoms with Gasteiger partial charge < -0.3 is 10.6 Å². The molecule has 10 heteroatoms. The number of nitrogens with one attached hydrogen (secondary N) is 2. The number of hydrogen-bond acceptors (Lipinski definition) is 3. The number of aromatic nitrogens is 2. The Labute approximate surface area is 133 Å². The molecule has 0 spiro atoms. The average Bonchev–Trinajstić information content (AvgIpc) is 2.94. The van der Waals surface area contributed by atoms with Crippen LogP contribution < -0.4 is 10.6 Å². The standard InChI is InChI=1S/C14H12F4N4O2/c15-8-5-9(16)7-10(6-8)21-13(24)12(23)20-2-1-11-19-3-4-22(11)14(17)18/h3-7,14H,1-2H2,(H,20,23)(H,21,24). The lowest BCUT2D eigenvalue weighted by Crippen LogP contribution is -2.36. The summed E-state index contributed by atoms with van der Waals surface area (Å²) in [6.07, 6.45) is 2.26. The van der Waals surface area contributed by atoms with E-state index in [0.29, 0.717) is 10.6 Å². The number of nitrogens with zero attached hydrogens (tertiary/aromatic N) is 2. The molecule has 0 aliphatic carbocycles. The molecule has 0 saturated heterocycles. The fourth-order valence-corrected chi connectivity index (χ4v) is 1.90. The lowest BCUT2D eigenvalue weighted by Gasteiger charge is -2.08. The largest absolute Gasteiger partial charge is 0.347 e. The molecule has 2 aromatic rings. The fraction of sp³-hybridized carbons (Fsp3) is 0.214. The van der Waals surface area contributed by atoms with Gasteiger partial charge in [0.2, 0.25) is 0 Å². The van der Waals surface area contributed by atoms with Crippen LogP contribution in [0.5, 0.6) is 0 Å². The Morgan fingerprint density at radius 2 is 1.79 bits per heavy atom. The number of carbonyl (C=O) groups excluding carboxylic acids is 2. The monoisotopic (exact) mass is 344 g/mol. The molecule has 0 aliphatic heterocycles. The third kappa shape index (κ3) is 4.54. The van der Waals surface area contributed by atoms with Crippen molar-refractivity contribution in [1.29, 1.82) is 0 Å². The number of benzene rings is 1. The molecule has 0 unspecified atom stereocenters. The summed E-state index contributed by atoms with van der Waals surface area (Å²) in [4.78, 5) is 26.9. The highest BCUT2D eigenvalue weighted by Crippen LogP contribution is 2.13. The van der Waals surface area contributed by atoms with Gasteiger partial charge in [-0.05, 0) is 12.1 Å². The average molecular weight is 344 g/mol. The van der Waals surface area contributed by atoms with E-state index in [1.54, 1.807) is 0 Å². The van der Waals surface area contributed by atoms with Gasteiger partial charge in [-0.15, -0.1) is 0 Å². The second-order valence-corrected chi connectivity index (χ2v) is 4.65. The molecule has 1 aromatic carbocycles. The van der Waals surface area contributed by atoms with Gasteiger partial charge in [0.05, 0.1) is 0 Å². The van der Waals surface area contributed by atoms with E-state index < -0.39 is 30.0 Å². The zero-order valence-corrected chi connectivity index (χ0v) is 12.1. The quantitative estimate of drug-likeness (QED) is 0.642. The van der Waals surface area contributed by atoms with E-state index >= 15 is 0 Å². The molecule has 0 aliphatic rings. The van der Waals surface area contributed by atoms with E-state index in [1.807, 2.05) is 5.32 Å². The number of alkyl halides is 2. The highest BCUT2D eigenvalue weighted by atomic mass is 19.3. The van der Waals surface area contributed by atoms with Gasteiger partial charge in [-0.2, -0.15) is 8.78 Å². The number of rotatable bonds is 5. The molecule has 2 rings (SSSR count). The maximum absolute atomic E-state index is 13.0. The Morgan fingerprint density at radius 3 is 2.42 bits per heavy atom. The van der Waals surface area contributed by atoms with Crippen LogP contribution in [0.25, 0.3) is 0 Å². The van der Waals surface area contributed by atoms with Crippen LogP contribution in [0, 0.1) is 11.6 Å². The van der Waals surface area contributed by atoms with E-state index in [4.69, 9.17) is 0 Å². The molecule has 0 bridgehead atoms. The van der Waals surface area contributed by atoms with Crippen molar-refractivity contribution < 1.29 is 27.2 Å². The fourth-order valence-electron chi connectivity index (χ4n) is 1.90. The van der Waals surface area contributed by atoms with Gasteiger partial charge in [-0.3, -0.25) is 14.2 Å². The van der Waals surface area contributed by atoms with Crippen molar-refractivity contribution in [2.24, 2.45) is 0 Å². The van der Waals surface area contributed by atoms with Crippen LogP contribution in [0.2, 0.25) is 0 Å². The minimum atomic E-state index is -2.76. The van der Waals surface area contributed by atoms with Gasteiger partial charge >= 0.3 is 18.4 Å². The molecule has 2 amide bonds. The normalized spacial score (nSPS) is 10.7. The Kier molecular flexibility index (Phi) is 5.51. The molecule has 24 heavy (non-hydrogen) atoms. The highest BCUT2D eigenvalue weighted by molar-refractivity contribution is 6.39. The summed E-state index contributed by atoms with van der Waals surface area (Å²) in [5, 5.41) is 4.22. The zero-order valence-electron chi connectivity index (χ0n) is 12.1. The van der Waals surface area contributed by atoms with Crippen molar-refractivity contribution in [3.05, 3.63) is 48.1 Å². The highest BCUT2D eigenvalue weighted by Gasteiger charge is 2.16. The summed E-state index contributed by atoms with van der Waals surface area (Å²) in [7, 11) is 0. The summed E-state index contributed by atoms with van der Waals surface area (Å²) in [5.74, 6) is -4.00. The number of amides is 2. The minimum Gasteiger partial charge on any atom is -0.347 e. The van der Waals surface area contributed by atoms with Crippen molar-refractivity contribution in [1.82, 2.24) is 14.9 Å². The summed E-state index contributed by atoms with van der Waals surface area (Å²) in [6, 6.07) is 2.29. The maximum Gasteiger partial charge on any atom is 0.319 e. The van der Waals surface area contributed by atoms with Crippen LogP contribution >= 0.6 is 0 Å². The van der Waals surface area contributed by atoms with E-state index in [0.717, 1.165) is 18.3 Å². The van der Waals surface area contributed by atoms with Crippen LogP contribution in [-0.4, -0.2) is 27.9 Å². The minimum absolute atomic E-state index is 0.0229. The second-order valence-electron chi connectivity index (χ2n) is 4.65. The summed E-state index contributed by atoms with van der Waals surface area (Å²) < 4.78 is 51.8. The Balaban J connectivity index is 1.85. The summed E-state index contributed by atoms with van der Waals surface area (Å²) in [6.45, 7) is -2.88. The maximum atomic E-state index is 13.0. The predicted octanol–water partition coefficient (Wildman–Crippen LogP) is 1.85. The molecular weight excluding hydrogens is 332 g/mol. The van der Waals surface area contributed by atoms with E-state index in [1.165, 1.54) is 6.20 Å². The van der Waals surface area contributed by atoms with Crippen molar-refractivity contribution in [2.75, 3.05) is 11.9 Å². The molecule has 1 heterocycles. The molecular formula is C14H12F4N4O2. The van der Waals surface area contributed by atoms with E-state index in [2.05, 4.69) is 10.3 Å². The summed E-state index contributed by atoms with van der Waals surface area (Å²) >= 11 is 0. The first-order chi connectivity index (χ1) is 11.4. The van der Waals surface area contributed by atoms with Crippen LogP contribution in [-0.2, 0) is 16.0 Å². The van der Waals surface area contributed by atoms with E-state index in [9.17, 15) is 27.2 Å². The Bertz CT molecular complexity index is 728. The first-order valence-electron chi connectivity index (χ1n) is 6.72. The first-order valence-corrected chi connectivity index (χ1v) is 6.72. The second kappa shape index (κ2) is 7.57. The van der Waals surface area contributed by atoms with Crippen LogP contribution in [0.15, 0.2) is 30.6 Å². The molecule has 0 atom stereocenters. The third-order valence-electron chi connectivity index (χ3n) is 2.92. The molecule has 128 valence electrons. The van der Waals surface area contributed by atoms with Crippen LogP contribution in [0.3, 0.4) is 0 Å². The number of anilines is 1. The topological polar surface area (TPSA) is 76.0 Å². The van der Waals surface area contributed by atoms with Gasteiger partial charge in [0.25, 0.3) is 0 Å². The Hall–Kier alpha value is -2.91. The first kappa shape index (κ1) is 17.4. The molecule has 0 radical (unpaired) electrons. The third-order valence-corrected chi connectivity index (χ3v) is 2.92. The number of imidazole rings is 1. The predicted molar refractivity (Wildman–Crippen MR) is 75.2 cm³/mol. The van der Waals surface area contributed by atoms with Crippen molar-refractivity contribution in [3.8, 4) is 0 Å². The molecule has 1 aromatic heterocycles. The van der Waals surface area contributed by atoms with E-state index in [-0.39, 0.29) is 24.5 Å². The lowest BCUT2D eigenvalue weighted by atomic mass is 10.3.